The number of hydrogen-bond donors (Lipinski definition) is 2. The van der Waals surface area contributed by atoms with Gasteiger partial charge in [-0.05, 0) is 67.1 Å². The number of likely N-dealkylation sites (N-methyl/N-ethyl adjacent to an activating group) is 1. The molecule has 0 saturated heterocycles. The summed E-state index contributed by atoms with van der Waals surface area (Å²) in [6.07, 6.45) is 23.2. The van der Waals surface area contributed by atoms with Crippen molar-refractivity contribution < 1.29 is 40.9 Å². The molecular weight excluding hydrogens is 835 g/mol. The minimum absolute atomic E-state index is 0. The molecule has 3 N–H and O–H groups in total. The van der Waals surface area contributed by atoms with Gasteiger partial charge in [0.05, 0.1) is 12.7 Å². The molecule has 4 aromatic rings. The Hall–Kier alpha value is -5.28. The first-order chi connectivity index (χ1) is 29.1. The summed E-state index contributed by atoms with van der Waals surface area (Å²) in [4.78, 5) is 55.7. The molecule has 0 unspecified atom stereocenters. The Kier molecular flexibility index (Phi) is 27.1. The van der Waals surface area contributed by atoms with Crippen LogP contribution < -0.4 is 11.1 Å². The Morgan fingerprint density at radius 1 is 0.726 bits per heavy atom. The van der Waals surface area contributed by atoms with Crippen LogP contribution in [0.3, 0.4) is 0 Å². The predicted octanol–water partition coefficient (Wildman–Crippen LogP) is 8.56. The van der Waals surface area contributed by atoms with Crippen molar-refractivity contribution in [1.29, 1.82) is 0 Å². The van der Waals surface area contributed by atoms with Gasteiger partial charge in [-0.25, -0.2) is 29.1 Å². The third-order valence-electron chi connectivity index (χ3n) is 9.64. The number of aromatic nitrogens is 4. The minimum Gasteiger partial charge on any atom is -0.426 e. The largest absolute Gasteiger partial charge is 0.426 e. The molecule has 2 aliphatic rings. The topological polar surface area (TPSA) is 179 Å². The van der Waals surface area contributed by atoms with Crippen molar-refractivity contribution in [2.75, 3.05) is 20.6 Å². The molecule has 0 aliphatic heterocycles. The summed E-state index contributed by atoms with van der Waals surface area (Å²) in [6, 6.07) is 15.6. The Labute approximate surface area is 383 Å². The molecule has 0 bridgehead atoms. The van der Waals surface area contributed by atoms with E-state index < -0.39 is 35.8 Å². The van der Waals surface area contributed by atoms with Gasteiger partial charge in [-0.15, -0.1) is 24.8 Å². The highest BCUT2D eigenvalue weighted by atomic mass is 35.5. The third-order valence-corrected chi connectivity index (χ3v) is 9.64. The van der Waals surface area contributed by atoms with E-state index in [2.05, 4.69) is 15.3 Å². The summed E-state index contributed by atoms with van der Waals surface area (Å²) in [5.41, 5.74) is 8.41. The fraction of sp³-hybridized carbons (Fsp3) is 0.435. The van der Waals surface area contributed by atoms with Crippen molar-refractivity contribution in [3.05, 3.63) is 120 Å². The molecule has 2 saturated carbocycles. The summed E-state index contributed by atoms with van der Waals surface area (Å²) in [7, 11) is 3.00. The lowest BCUT2D eigenvalue weighted by atomic mass is 9.98. The van der Waals surface area contributed by atoms with Gasteiger partial charge in [0, 0.05) is 52.8 Å². The second kappa shape index (κ2) is 30.7. The van der Waals surface area contributed by atoms with Crippen LogP contribution in [-0.4, -0.2) is 74.7 Å². The first-order valence-electron chi connectivity index (χ1n) is 20.7. The SMILES string of the molecule is C.C.CNC1(C(=O)OCOC(=O)/C=C/c2ccc(Cn3ccnc3)cc2)CCCC1.Cl.Cl.NC1(C(=O)OCOC(=O)/C=C/c2ccc(Cn3ccnc3)cc2)CCCC1.[2H]CC.[3H]C. The van der Waals surface area contributed by atoms with Crippen molar-refractivity contribution in [1.82, 2.24) is 24.4 Å². The van der Waals surface area contributed by atoms with Crippen LogP contribution in [0.5, 0.6) is 0 Å². The molecule has 0 radical (unpaired) electrons. The fourth-order valence-corrected chi connectivity index (χ4v) is 6.38. The Morgan fingerprint density at radius 3 is 1.48 bits per heavy atom. The fourth-order valence-electron chi connectivity index (χ4n) is 6.38. The molecule has 0 atom stereocenters. The van der Waals surface area contributed by atoms with Crippen LogP contribution in [0.1, 0.15) is 112 Å². The molecule has 62 heavy (non-hydrogen) atoms. The van der Waals surface area contributed by atoms with Gasteiger partial charge < -0.3 is 39.1 Å². The molecule has 6 rings (SSSR count). The third kappa shape index (κ3) is 18.8. The summed E-state index contributed by atoms with van der Waals surface area (Å²) in [5.74, 6) is -2.01. The van der Waals surface area contributed by atoms with E-state index in [1.807, 2.05) is 70.1 Å². The summed E-state index contributed by atoms with van der Waals surface area (Å²) < 4.78 is 35.9. The smallest absolute Gasteiger partial charge is 0.333 e. The Bertz CT molecular complexity index is 1920. The van der Waals surface area contributed by atoms with E-state index in [0.29, 0.717) is 19.7 Å². The number of nitrogens with zero attached hydrogens (tertiary/aromatic N) is 4. The number of carbonyl (C=O) groups is 4. The van der Waals surface area contributed by atoms with Crippen molar-refractivity contribution in [2.45, 2.75) is 112 Å². The van der Waals surface area contributed by atoms with Crippen molar-refractivity contribution >= 4 is 60.8 Å². The van der Waals surface area contributed by atoms with Crippen molar-refractivity contribution in [3.63, 3.8) is 0 Å². The van der Waals surface area contributed by atoms with E-state index >= 15 is 0 Å². The number of halogens is 2. The average Bonchev–Trinajstić information content (AvgIpc) is 4.12. The molecule has 2 fully saturated rings. The van der Waals surface area contributed by atoms with Crippen LogP contribution in [0, 0.1) is 0 Å². The number of carbonyl (C=O) groups excluding carboxylic acids is 4. The zero-order chi connectivity index (χ0) is 43.6. The molecule has 2 aliphatic carbocycles. The van der Waals surface area contributed by atoms with E-state index in [-0.39, 0.29) is 52.4 Å². The highest BCUT2D eigenvalue weighted by Crippen LogP contribution is 2.30. The molecule has 2 aromatic carbocycles. The molecule has 2 heterocycles. The molecule has 344 valence electrons. The zero-order valence-corrected chi connectivity index (χ0v) is 36.2. The Morgan fingerprint density at radius 2 is 1.11 bits per heavy atom. The molecule has 0 spiro atoms. The molecule has 14 nitrogen and oxygen atoms in total. The van der Waals surface area contributed by atoms with Crippen LogP contribution in [0.15, 0.2) is 98.1 Å². The van der Waals surface area contributed by atoms with Gasteiger partial charge in [0.25, 0.3) is 0 Å². The lowest BCUT2D eigenvalue weighted by Gasteiger charge is -2.25. The van der Waals surface area contributed by atoms with E-state index in [0.717, 1.165) is 73.9 Å². The second-order valence-corrected chi connectivity index (χ2v) is 13.5. The van der Waals surface area contributed by atoms with Gasteiger partial charge >= 0.3 is 23.9 Å². The van der Waals surface area contributed by atoms with Crippen LogP contribution in [0.2, 0.25) is 0 Å². The summed E-state index contributed by atoms with van der Waals surface area (Å²) in [5, 5.41) is 3.05. The standard InChI is InChI=1S/C21H25N3O4.C20H23N3O4.C2H6.3CH4.2ClH/c1-22-21(10-2-3-11-21)20(26)28-16-27-19(25)9-8-17-4-6-18(7-5-17)14-24-13-12-23-15-24;21-20(9-1-2-10-20)19(25)27-15-26-18(24)8-7-16-3-5-17(6-4-16)13-23-12-11-22-14-23;1-2;;;;;/h4-9,12-13,15,22H,2-3,10-11,14,16H2,1H3;3-8,11-12,14H,1-2,9-10,13,15,21H2;1-2H3;3*1H4;2*1H/b9-8+;8-7+;;;;;;/i;;1D;1T;;;;. The van der Waals surface area contributed by atoms with E-state index in [9.17, 15) is 19.2 Å². The maximum Gasteiger partial charge on any atom is 0.333 e. The highest BCUT2D eigenvalue weighted by molar-refractivity contribution is 5.88. The number of imidazole rings is 2. The Balaban J connectivity index is 0. The number of rotatable bonds is 15. The zero-order valence-electron chi connectivity index (χ0n) is 36.5. The number of hydrogen-bond acceptors (Lipinski definition) is 12. The van der Waals surface area contributed by atoms with Gasteiger partial charge in [0.2, 0.25) is 13.6 Å². The van der Waals surface area contributed by atoms with Crippen LogP contribution in [0.4, 0.5) is 0 Å². The maximum atomic E-state index is 12.2. The van der Waals surface area contributed by atoms with Gasteiger partial charge in [-0.2, -0.15) is 0 Å². The lowest BCUT2D eigenvalue weighted by molar-refractivity contribution is -0.170. The van der Waals surface area contributed by atoms with Gasteiger partial charge in [-0.3, -0.25) is 0 Å². The van der Waals surface area contributed by atoms with Crippen molar-refractivity contribution in [3.8, 4) is 0 Å². The highest BCUT2D eigenvalue weighted by Gasteiger charge is 2.41. The number of benzene rings is 2. The molecule has 2 aromatic heterocycles. The summed E-state index contributed by atoms with van der Waals surface area (Å²) >= 11 is 0. The lowest BCUT2D eigenvalue weighted by Crippen LogP contribution is -2.49. The quantitative estimate of drug-likeness (QED) is 0.0661. The number of nitrogens with one attached hydrogen (secondary N) is 1. The van der Waals surface area contributed by atoms with Gasteiger partial charge in [0.1, 0.15) is 11.1 Å². The van der Waals surface area contributed by atoms with Gasteiger partial charge in [-0.1, -0.05) is 110 Å². The van der Waals surface area contributed by atoms with Crippen LogP contribution in [0.25, 0.3) is 12.2 Å². The van der Waals surface area contributed by atoms with Crippen molar-refractivity contribution in [2.24, 2.45) is 5.73 Å². The second-order valence-electron chi connectivity index (χ2n) is 13.5. The van der Waals surface area contributed by atoms with Crippen LogP contribution in [-0.2, 0) is 51.2 Å². The first-order valence-corrected chi connectivity index (χ1v) is 19.0. The van der Waals surface area contributed by atoms with E-state index in [1.54, 1.807) is 51.2 Å². The van der Waals surface area contributed by atoms with E-state index in [4.69, 9.17) is 27.4 Å². The first kappa shape index (κ1) is 54.7. The van der Waals surface area contributed by atoms with Crippen LogP contribution >= 0.6 is 24.8 Å². The minimum atomic E-state index is -0.930. The number of nitrogens with two attached hydrogens (primary N) is 1. The van der Waals surface area contributed by atoms with Gasteiger partial charge in [0.15, 0.2) is 0 Å². The average molecular weight is 907 g/mol. The molecule has 0 amide bonds. The number of esters is 4. The molecular formula is C46H68Cl2N6O8. The normalized spacial score (nSPS) is 14.3. The summed E-state index contributed by atoms with van der Waals surface area (Å²) in [6.45, 7) is 2.96. The molecule has 16 heteroatoms. The predicted molar refractivity (Wildman–Crippen MR) is 249 cm³/mol. The number of ether oxygens (including phenoxy) is 4. The van der Waals surface area contributed by atoms with E-state index in [1.165, 1.54) is 19.6 Å². The monoisotopic (exact) mass is 905 g/mol. The maximum absolute atomic E-state index is 12.2.